The van der Waals surface area contributed by atoms with E-state index in [2.05, 4.69) is 0 Å². The Morgan fingerprint density at radius 3 is 2.45 bits per heavy atom. The number of amides is 1. The third-order valence-corrected chi connectivity index (χ3v) is 5.42. The van der Waals surface area contributed by atoms with Gasteiger partial charge in [0.05, 0.1) is 11.7 Å². The molecular formula is C13H23NO5S. The molecule has 0 aromatic rings. The van der Waals surface area contributed by atoms with Crippen molar-refractivity contribution in [1.29, 1.82) is 0 Å². The number of carboxylic acid groups (broad SMARTS) is 1. The number of hydrogen-bond donors (Lipinski definition) is 1. The molecule has 0 bridgehead atoms. The average Bonchev–Trinajstić information content (AvgIpc) is 2.25. The summed E-state index contributed by atoms with van der Waals surface area (Å²) in [6.45, 7) is 5.67. The predicted molar refractivity (Wildman–Crippen MR) is 75.0 cm³/mol. The molecule has 1 rings (SSSR count). The lowest BCUT2D eigenvalue weighted by atomic mass is 9.90. The van der Waals surface area contributed by atoms with E-state index in [0.717, 1.165) is 0 Å². The van der Waals surface area contributed by atoms with Crippen LogP contribution in [0.2, 0.25) is 0 Å². The summed E-state index contributed by atoms with van der Waals surface area (Å²) >= 11 is 0. The highest BCUT2D eigenvalue weighted by molar-refractivity contribution is 7.92. The molecule has 1 heterocycles. The summed E-state index contributed by atoms with van der Waals surface area (Å²) in [6, 6.07) is -0.456. The summed E-state index contributed by atoms with van der Waals surface area (Å²) in [5.74, 6) is -2.60. The summed E-state index contributed by atoms with van der Waals surface area (Å²) in [5.41, 5.74) is 0. The zero-order chi connectivity index (χ0) is 15.5. The van der Waals surface area contributed by atoms with Gasteiger partial charge in [-0.1, -0.05) is 13.8 Å². The van der Waals surface area contributed by atoms with Crippen LogP contribution in [-0.4, -0.2) is 54.4 Å². The van der Waals surface area contributed by atoms with Crippen molar-refractivity contribution in [3.05, 3.63) is 0 Å². The van der Waals surface area contributed by atoms with E-state index in [1.165, 1.54) is 4.90 Å². The average molecular weight is 305 g/mol. The maximum absolute atomic E-state index is 12.1. The molecule has 1 aliphatic heterocycles. The van der Waals surface area contributed by atoms with E-state index in [0.29, 0.717) is 19.4 Å². The summed E-state index contributed by atoms with van der Waals surface area (Å²) in [4.78, 5) is 24.6. The maximum Gasteiger partial charge on any atom is 0.308 e. The molecule has 1 amide bonds. The first-order valence-corrected chi connectivity index (χ1v) is 8.69. The highest BCUT2D eigenvalue weighted by Gasteiger charge is 2.36. The lowest BCUT2D eigenvalue weighted by molar-refractivity contribution is -0.148. The smallest absolute Gasteiger partial charge is 0.308 e. The highest BCUT2D eigenvalue weighted by atomic mass is 32.2. The van der Waals surface area contributed by atoms with E-state index in [1.807, 2.05) is 0 Å². The molecule has 0 saturated carbocycles. The molecule has 20 heavy (non-hydrogen) atoms. The number of carbonyl (C=O) groups is 2. The van der Waals surface area contributed by atoms with Gasteiger partial charge in [-0.15, -0.1) is 0 Å². The highest BCUT2D eigenvalue weighted by Crippen LogP contribution is 2.24. The topological polar surface area (TPSA) is 91.8 Å². The minimum Gasteiger partial charge on any atom is -0.481 e. The van der Waals surface area contributed by atoms with Crippen LogP contribution in [0, 0.1) is 11.8 Å². The Hall–Kier alpha value is -1.11. The SMILES string of the molecule is CC(C)CS(=O)(=O)CC(=O)N1CCC[C@H](C(=O)O)[C@@H]1C. The normalized spacial score (nSPS) is 23.9. The van der Waals surface area contributed by atoms with Crippen molar-refractivity contribution in [2.45, 2.75) is 39.7 Å². The predicted octanol–water partition coefficient (Wildman–Crippen LogP) is 0.769. The fraction of sp³-hybridized carbons (Fsp3) is 0.846. The van der Waals surface area contributed by atoms with Gasteiger partial charge in [-0.3, -0.25) is 9.59 Å². The van der Waals surface area contributed by atoms with Gasteiger partial charge in [0.15, 0.2) is 9.84 Å². The zero-order valence-corrected chi connectivity index (χ0v) is 13.0. The number of carboxylic acids is 1. The van der Waals surface area contributed by atoms with Gasteiger partial charge in [-0.2, -0.15) is 0 Å². The van der Waals surface area contributed by atoms with Crippen LogP contribution in [0.3, 0.4) is 0 Å². The molecule has 1 aliphatic rings. The first-order valence-electron chi connectivity index (χ1n) is 6.86. The van der Waals surface area contributed by atoms with Crippen LogP contribution in [0.1, 0.15) is 33.6 Å². The van der Waals surface area contributed by atoms with Crippen molar-refractivity contribution >= 4 is 21.7 Å². The van der Waals surface area contributed by atoms with E-state index < -0.39 is 39.4 Å². The largest absolute Gasteiger partial charge is 0.481 e. The first kappa shape index (κ1) is 16.9. The second kappa shape index (κ2) is 6.56. The quantitative estimate of drug-likeness (QED) is 0.810. The third-order valence-electron chi connectivity index (χ3n) is 3.56. The molecule has 0 spiro atoms. The van der Waals surface area contributed by atoms with Crippen LogP contribution in [-0.2, 0) is 19.4 Å². The number of nitrogens with zero attached hydrogens (tertiary/aromatic N) is 1. The molecule has 0 aliphatic carbocycles. The van der Waals surface area contributed by atoms with Crippen molar-refractivity contribution in [2.24, 2.45) is 11.8 Å². The Labute approximate surface area is 120 Å². The summed E-state index contributed by atoms with van der Waals surface area (Å²) < 4.78 is 23.7. The summed E-state index contributed by atoms with van der Waals surface area (Å²) in [7, 11) is -3.43. The molecule has 2 atom stereocenters. The molecule has 0 aromatic carbocycles. The molecule has 0 unspecified atom stereocenters. The Morgan fingerprint density at radius 1 is 1.35 bits per heavy atom. The molecular weight excluding hydrogens is 282 g/mol. The molecule has 116 valence electrons. The van der Waals surface area contributed by atoms with Gasteiger partial charge in [-0.25, -0.2) is 8.42 Å². The van der Waals surface area contributed by atoms with Crippen molar-refractivity contribution in [2.75, 3.05) is 18.1 Å². The minimum atomic E-state index is -3.43. The first-order chi connectivity index (χ1) is 9.14. The zero-order valence-electron chi connectivity index (χ0n) is 12.2. The molecule has 1 saturated heterocycles. The Morgan fingerprint density at radius 2 is 1.95 bits per heavy atom. The van der Waals surface area contributed by atoms with Crippen LogP contribution in [0.25, 0.3) is 0 Å². The van der Waals surface area contributed by atoms with Crippen molar-refractivity contribution in [3.63, 3.8) is 0 Å². The van der Waals surface area contributed by atoms with Crippen LogP contribution >= 0.6 is 0 Å². The fourth-order valence-corrected chi connectivity index (χ4v) is 4.34. The number of rotatable bonds is 5. The van der Waals surface area contributed by atoms with Crippen molar-refractivity contribution in [1.82, 2.24) is 4.90 Å². The van der Waals surface area contributed by atoms with Crippen LogP contribution in [0.15, 0.2) is 0 Å². The number of aliphatic carboxylic acids is 1. The number of likely N-dealkylation sites (tertiary alicyclic amines) is 1. The van der Waals surface area contributed by atoms with E-state index in [9.17, 15) is 18.0 Å². The van der Waals surface area contributed by atoms with Crippen molar-refractivity contribution in [3.8, 4) is 0 Å². The maximum atomic E-state index is 12.1. The Balaban J connectivity index is 2.74. The van der Waals surface area contributed by atoms with Gasteiger partial charge in [0.1, 0.15) is 5.75 Å². The third kappa shape index (κ3) is 4.47. The Bertz CT molecular complexity index is 471. The molecule has 0 aromatic heterocycles. The number of carbonyl (C=O) groups excluding carboxylic acids is 1. The Kier molecular flexibility index (Phi) is 5.56. The van der Waals surface area contributed by atoms with E-state index in [4.69, 9.17) is 5.11 Å². The number of sulfone groups is 1. The summed E-state index contributed by atoms with van der Waals surface area (Å²) in [5, 5.41) is 9.10. The molecule has 6 nitrogen and oxygen atoms in total. The van der Waals surface area contributed by atoms with Gasteiger partial charge in [0, 0.05) is 12.6 Å². The molecule has 1 fully saturated rings. The van der Waals surface area contributed by atoms with Crippen LogP contribution in [0.5, 0.6) is 0 Å². The molecule has 1 N–H and O–H groups in total. The lowest BCUT2D eigenvalue weighted by Crippen LogP contribution is -2.50. The second-order valence-electron chi connectivity index (χ2n) is 5.86. The van der Waals surface area contributed by atoms with Crippen molar-refractivity contribution < 1.29 is 23.1 Å². The standard InChI is InChI=1S/C13H23NO5S/c1-9(2)7-20(18,19)8-12(15)14-6-4-5-11(10(14)3)13(16)17/h9-11H,4-8H2,1-3H3,(H,16,17)/t10-,11-/m0/s1. The van der Waals surface area contributed by atoms with Gasteiger partial charge < -0.3 is 10.0 Å². The second-order valence-corrected chi connectivity index (χ2v) is 7.97. The van der Waals surface area contributed by atoms with Gasteiger partial charge in [0.2, 0.25) is 5.91 Å². The molecule has 7 heteroatoms. The fourth-order valence-electron chi connectivity index (χ4n) is 2.66. The summed E-state index contributed by atoms with van der Waals surface area (Å²) in [6.07, 6.45) is 1.12. The van der Waals surface area contributed by atoms with E-state index in [-0.39, 0.29) is 11.7 Å². The number of hydrogen-bond acceptors (Lipinski definition) is 4. The van der Waals surface area contributed by atoms with E-state index in [1.54, 1.807) is 20.8 Å². The minimum absolute atomic E-state index is 0.0245. The van der Waals surface area contributed by atoms with Crippen LogP contribution in [0.4, 0.5) is 0 Å². The lowest BCUT2D eigenvalue weighted by Gasteiger charge is -2.37. The molecule has 0 radical (unpaired) electrons. The van der Waals surface area contributed by atoms with Gasteiger partial charge >= 0.3 is 5.97 Å². The monoisotopic (exact) mass is 305 g/mol. The van der Waals surface area contributed by atoms with E-state index >= 15 is 0 Å². The number of piperidine rings is 1. The van der Waals surface area contributed by atoms with Gasteiger partial charge in [-0.05, 0) is 25.7 Å². The van der Waals surface area contributed by atoms with Crippen LogP contribution < -0.4 is 0 Å². The van der Waals surface area contributed by atoms with Gasteiger partial charge in [0.25, 0.3) is 0 Å².